The third-order valence-corrected chi connectivity index (χ3v) is 7.08. The average Bonchev–Trinajstić information content (AvgIpc) is 2.63. The number of halogens is 1. The fourth-order valence-corrected chi connectivity index (χ4v) is 5.43. The van der Waals surface area contributed by atoms with Crippen LogP contribution >= 0.6 is 0 Å². The first-order valence-electron chi connectivity index (χ1n) is 9.74. The molecule has 0 aromatic carbocycles. The van der Waals surface area contributed by atoms with Crippen molar-refractivity contribution in [3.63, 3.8) is 0 Å². The Hall–Kier alpha value is -0.630. The highest BCUT2D eigenvalue weighted by molar-refractivity contribution is 5.25. The van der Waals surface area contributed by atoms with E-state index in [2.05, 4.69) is 6.92 Å². The van der Waals surface area contributed by atoms with Crippen molar-refractivity contribution in [3.05, 3.63) is 24.3 Å². The Morgan fingerprint density at radius 1 is 0.957 bits per heavy atom. The summed E-state index contributed by atoms with van der Waals surface area (Å²) in [6.07, 6.45) is 18.2. The highest BCUT2D eigenvalue weighted by Gasteiger charge is 2.46. The van der Waals surface area contributed by atoms with Crippen molar-refractivity contribution in [2.75, 3.05) is 7.11 Å². The van der Waals surface area contributed by atoms with Crippen LogP contribution in [-0.2, 0) is 4.74 Å². The molecule has 0 aromatic rings. The zero-order valence-electron chi connectivity index (χ0n) is 14.8. The van der Waals surface area contributed by atoms with Crippen LogP contribution < -0.4 is 0 Å². The van der Waals surface area contributed by atoms with Gasteiger partial charge < -0.3 is 4.74 Å². The molecule has 3 aliphatic carbocycles. The van der Waals surface area contributed by atoms with E-state index in [1.807, 2.05) is 12.2 Å². The van der Waals surface area contributed by atoms with Crippen molar-refractivity contribution in [2.24, 2.45) is 23.7 Å². The molecule has 130 valence electrons. The van der Waals surface area contributed by atoms with Crippen molar-refractivity contribution in [1.82, 2.24) is 0 Å². The third-order valence-electron chi connectivity index (χ3n) is 7.08. The van der Waals surface area contributed by atoms with Crippen molar-refractivity contribution in [3.8, 4) is 0 Å². The largest absolute Gasteiger partial charge is 0.370 e. The quantitative estimate of drug-likeness (QED) is 0.630. The zero-order valence-corrected chi connectivity index (χ0v) is 14.8. The minimum Gasteiger partial charge on any atom is -0.370 e. The summed E-state index contributed by atoms with van der Waals surface area (Å²) in [6.45, 7) is 2.33. The Bertz CT molecular complexity index is 427. The van der Waals surface area contributed by atoms with Gasteiger partial charge in [0.25, 0.3) is 0 Å². The molecule has 0 aliphatic heterocycles. The minimum atomic E-state index is -1.00. The highest BCUT2D eigenvalue weighted by Crippen LogP contribution is 2.46. The summed E-state index contributed by atoms with van der Waals surface area (Å²) >= 11 is 0. The van der Waals surface area contributed by atoms with E-state index in [0.717, 1.165) is 30.6 Å². The van der Waals surface area contributed by atoms with E-state index in [1.54, 1.807) is 19.3 Å². The Balaban J connectivity index is 1.56. The first-order chi connectivity index (χ1) is 11.2. The van der Waals surface area contributed by atoms with Crippen molar-refractivity contribution in [1.29, 1.82) is 0 Å². The molecule has 0 aromatic heterocycles. The van der Waals surface area contributed by atoms with Gasteiger partial charge in [-0.05, 0) is 74.3 Å². The van der Waals surface area contributed by atoms with Gasteiger partial charge >= 0.3 is 0 Å². The Morgan fingerprint density at radius 2 is 1.57 bits per heavy atom. The molecule has 2 unspecified atom stereocenters. The van der Waals surface area contributed by atoms with Gasteiger partial charge in [-0.15, -0.1) is 0 Å². The molecule has 0 amide bonds. The smallest absolute Gasteiger partial charge is 0.151 e. The normalized spacial score (nSPS) is 44.4. The molecule has 0 saturated heterocycles. The van der Waals surface area contributed by atoms with Gasteiger partial charge in [0.1, 0.15) is 5.60 Å². The van der Waals surface area contributed by atoms with E-state index in [4.69, 9.17) is 4.74 Å². The molecule has 3 rings (SSSR count). The lowest BCUT2D eigenvalue weighted by Crippen LogP contribution is -2.48. The maximum atomic E-state index is 14.6. The molecule has 2 atom stereocenters. The molecule has 3 aliphatic rings. The number of methoxy groups -OCH3 is 1. The highest BCUT2D eigenvalue weighted by atomic mass is 19.1. The maximum absolute atomic E-state index is 14.6. The molecule has 2 heteroatoms. The molecule has 0 N–H and O–H groups in total. The summed E-state index contributed by atoms with van der Waals surface area (Å²) in [5.74, 6) is 3.11. The lowest BCUT2D eigenvalue weighted by molar-refractivity contribution is -0.0770. The van der Waals surface area contributed by atoms with Crippen LogP contribution in [0.1, 0.15) is 64.7 Å². The van der Waals surface area contributed by atoms with Gasteiger partial charge in [-0.25, -0.2) is 4.39 Å². The van der Waals surface area contributed by atoms with Gasteiger partial charge in [-0.3, -0.25) is 0 Å². The lowest BCUT2D eigenvalue weighted by Gasteiger charge is -2.45. The second-order valence-corrected chi connectivity index (χ2v) is 8.00. The minimum absolute atomic E-state index is 0.326. The van der Waals surface area contributed by atoms with Crippen LogP contribution in [0, 0.1) is 23.7 Å². The number of hydrogen-bond acceptors (Lipinski definition) is 1. The van der Waals surface area contributed by atoms with Crippen LogP contribution in [0.25, 0.3) is 0 Å². The van der Waals surface area contributed by atoms with Crippen LogP contribution in [0.3, 0.4) is 0 Å². The van der Waals surface area contributed by atoms with E-state index in [-0.39, 0.29) is 0 Å². The second-order valence-electron chi connectivity index (χ2n) is 8.00. The summed E-state index contributed by atoms with van der Waals surface area (Å²) < 4.78 is 20.3. The Kier molecular flexibility index (Phi) is 5.61. The lowest BCUT2D eigenvalue weighted by atomic mass is 9.65. The first kappa shape index (κ1) is 17.2. The van der Waals surface area contributed by atoms with Gasteiger partial charge in [-0.2, -0.15) is 0 Å². The van der Waals surface area contributed by atoms with Crippen molar-refractivity contribution in [2.45, 2.75) is 76.5 Å². The SMILES string of the molecule is CC[C@H]1CC[C@H]([C@H]2CC[C@H](C3(OC)C=CC=CC3F)CC2)CC1. The van der Waals surface area contributed by atoms with Gasteiger partial charge in [0.05, 0.1) is 0 Å². The standard InChI is InChI=1S/C21H33FO/c1-3-16-7-9-17(10-8-16)18-11-13-19(14-12-18)21(23-2)15-5-4-6-20(21)22/h4-6,15-20H,3,7-14H2,1-2H3/t16-,17-,18-,19-,20?,21?. The predicted octanol–water partition coefficient (Wildman–Crippen LogP) is 5.86. The topological polar surface area (TPSA) is 9.23 Å². The van der Waals surface area contributed by atoms with Crippen LogP contribution in [-0.4, -0.2) is 18.9 Å². The second kappa shape index (κ2) is 7.51. The van der Waals surface area contributed by atoms with Gasteiger partial charge in [-0.1, -0.05) is 38.3 Å². The van der Waals surface area contributed by atoms with Crippen LogP contribution in [0.2, 0.25) is 0 Å². The van der Waals surface area contributed by atoms with Gasteiger partial charge in [0, 0.05) is 7.11 Å². The summed E-state index contributed by atoms with van der Waals surface area (Å²) in [5, 5.41) is 0. The molecule has 0 radical (unpaired) electrons. The molecular weight excluding hydrogens is 287 g/mol. The third kappa shape index (κ3) is 3.43. The number of ether oxygens (including phenoxy) is 1. The van der Waals surface area contributed by atoms with Crippen LogP contribution in [0.5, 0.6) is 0 Å². The number of alkyl halides is 1. The predicted molar refractivity (Wildman–Crippen MR) is 94.1 cm³/mol. The summed E-state index contributed by atoms with van der Waals surface area (Å²) in [5.41, 5.74) is -0.709. The zero-order chi connectivity index (χ0) is 16.3. The van der Waals surface area contributed by atoms with Gasteiger partial charge in [0.2, 0.25) is 0 Å². The first-order valence-corrected chi connectivity index (χ1v) is 9.74. The number of rotatable bonds is 4. The molecule has 23 heavy (non-hydrogen) atoms. The van der Waals surface area contributed by atoms with E-state index < -0.39 is 11.8 Å². The fraction of sp³-hybridized carbons (Fsp3) is 0.810. The number of allylic oxidation sites excluding steroid dienone is 2. The molecule has 0 heterocycles. The average molecular weight is 320 g/mol. The summed E-state index contributed by atoms with van der Waals surface area (Å²) in [4.78, 5) is 0. The van der Waals surface area contributed by atoms with Crippen molar-refractivity contribution >= 4 is 0 Å². The summed E-state index contributed by atoms with van der Waals surface area (Å²) in [6, 6.07) is 0. The maximum Gasteiger partial charge on any atom is 0.151 e. The molecule has 2 fully saturated rings. The van der Waals surface area contributed by atoms with E-state index in [9.17, 15) is 4.39 Å². The van der Waals surface area contributed by atoms with Crippen LogP contribution in [0.15, 0.2) is 24.3 Å². The van der Waals surface area contributed by atoms with Crippen LogP contribution in [0.4, 0.5) is 4.39 Å². The van der Waals surface area contributed by atoms with Crippen molar-refractivity contribution < 1.29 is 9.13 Å². The van der Waals surface area contributed by atoms with E-state index in [1.165, 1.54) is 44.9 Å². The Labute approximate surface area is 141 Å². The molecule has 2 saturated carbocycles. The Morgan fingerprint density at radius 3 is 2.09 bits per heavy atom. The molecule has 1 nitrogen and oxygen atoms in total. The van der Waals surface area contributed by atoms with E-state index in [0.29, 0.717) is 5.92 Å². The summed E-state index contributed by atoms with van der Waals surface area (Å²) in [7, 11) is 1.67. The van der Waals surface area contributed by atoms with E-state index >= 15 is 0 Å². The molecule has 0 bridgehead atoms. The molecular formula is C21H33FO. The fourth-order valence-electron chi connectivity index (χ4n) is 5.43. The monoisotopic (exact) mass is 320 g/mol. The number of hydrogen-bond donors (Lipinski definition) is 0. The van der Waals surface area contributed by atoms with Gasteiger partial charge in [0.15, 0.2) is 6.17 Å². The molecule has 0 spiro atoms.